The zero-order valence-electron chi connectivity index (χ0n) is 38.6. The van der Waals surface area contributed by atoms with Crippen LogP contribution < -0.4 is 81.8 Å². The molecule has 0 saturated carbocycles. The highest BCUT2D eigenvalue weighted by molar-refractivity contribution is 5.96. The maximum atomic E-state index is 12.9. The molecule has 0 aliphatic rings. The molecule has 390 valence electrons. The number of aliphatic hydroxyl groups excluding tert-OH is 1. The molecule has 0 fully saturated rings. The van der Waals surface area contributed by atoms with E-state index in [4.69, 9.17) is 38.1 Å². The summed E-state index contributed by atoms with van der Waals surface area (Å²) in [6, 6.07) is -5.45. The number of guanidine groups is 1. The highest BCUT2D eigenvalue weighted by Crippen LogP contribution is 2.06. The standard InChI is InChI=1S/C38H68N16O15/c1-21(2)12-24(52-27(57)5-8-68-10-11-69-9-7-44-29(59)15-47-30(60)16-46-28(58)14-39)35(65)49-17-31(61)48-18-32(62)53-25(20-55)36(66)50-19-33(63)51-22(4-3-6-45-38(42)43)37(67)54-23(34(41)64)13-26(40)56/h21-25,55H,3-20,39H2,1-2H3,(H2,40,56)(H2,41,64)(H,44,59)(H,46,58)(H,47,60)(H,48,61)(H,49,65)(H,50,66)(H,51,63)(H,52,57)(H,53,62)(H,54,67)(H4,42,43,45)/t22-,23-,24-,25-/m0/s1. The van der Waals surface area contributed by atoms with E-state index in [-0.39, 0.29) is 96.7 Å². The van der Waals surface area contributed by atoms with Crippen LogP contribution >= 0.6 is 0 Å². The molecule has 0 bridgehead atoms. The number of aliphatic imine (C=N–C) groups is 1. The fourth-order valence-electron chi connectivity index (χ4n) is 5.25. The van der Waals surface area contributed by atoms with Gasteiger partial charge in [-0.05, 0) is 25.2 Å². The second-order valence-electron chi connectivity index (χ2n) is 15.0. The van der Waals surface area contributed by atoms with Crippen LogP contribution in [-0.2, 0) is 67.0 Å². The molecule has 0 unspecified atom stereocenters. The number of ether oxygens (including phenoxy) is 2. The van der Waals surface area contributed by atoms with Crippen molar-refractivity contribution in [3.8, 4) is 0 Å². The molecule has 0 aromatic rings. The summed E-state index contributed by atoms with van der Waals surface area (Å²) in [6.07, 6.45) is -0.448. The zero-order valence-corrected chi connectivity index (χ0v) is 38.6. The Labute approximate surface area is 396 Å². The number of carbonyl (C=O) groups is 12. The van der Waals surface area contributed by atoms with Gasteiger partial charge in [-0.3, -0.25) is 62.5 Å². The number of hydrogen-bond donors (Lipinski definition) is 16. The van der Waals surface area contributed by atoms with E-state index in [0.29, 0.717) is 0 Å². The Hall–Kier alpha value is -7.25. The summed E-state index contributed by atoms with van der Waals surface area (Å²) in [5.74, 6) is -9.70. The van der Waals surface area contributed by atoms with Crippen LogP contribution in [0.25, 0.3) is 0 Å². The monoisotopic (exact) mass is 989 g/mol. The first-order valence-electron chi connectivity index (χ1n) is 21.5. The number of nitrogens with one attached hydrogen (secondary N) is 10. The molecule has 12 amide bonds. The van der Waals surface area contributed by atoms with Gasteiger partial charge in [-0.25, -0.2) is 0 Å². The van der Waals surface area contributed by atoms with Gasteiger partial charge in [-0.1, -0.05) is 13.8 Å². The first-order chi connectivity index (χ1) is 32.6. The Morgan fingerprint density at radius 3 is 1.57 bits per heavy atom. The molecule has 69 heavy (non-hydrogen) atoms. The molecule has 21 N–H and O–H groups in total. The first-order valence-corrected chi connectivity index (χ1v) is 21.5. The van der Waals surface area contributed by atoms with E-state index in [1.165, 1.54) is 0 Å². The van der Waals surface area contributed by atoms with Crippen LogP contribution in [0.2, 0.25) is 0 Å². The van der Waals surface area contributed by atoms with Crippen molar-refractivity contribution in [2.45, 2.75) is 70.1 Å². The first kappa shape index (κ1) is 61.8. The summed E-state index contributed by atoms with van der Waals surface area (Å²) in [6.45, 7) is 0.285. The van der Waals surface area contributed by atoms with E-state index in [0.717, 1.165) is 0 Å². The summed E-state index contributed by atoms with van der Waals surface area (Å²) >= 11 is 0. The predicted octanol–water partition coefficient (Wildman–Crippen LogP) is -10.5. The van der Waals surface area contributed by atoms with E-state index < -0.39 is 128 Å². The van der Waals surface area contributed by atoms with E-state index >= 15 is 0 Å². The van der Waals surface area contributed by atoms with Gasteiger partial charge in [0.25, 0.3) is 0 Å². The van der Waals surface area contributed by atoms with Crippen LogP contribution in [-0.4, -0.2) is 192 Å². The van der Waals surface area contributed by atoms with Gasteiger partial charge in [0.2, 0.25) is 70.9 Å². The molecule has 0 saturated heterocycles. The third-order valence-electron chi connectivity index (χ3n) is 8.64. The van der Waals surface area contributed by atoms with Crippen LogP contribution in [0.3, 0.4) is 0 Å². The predicted molar refractivity (Wildman–Crippen MR) is 241 cm³/mol. The minimum Gasteiger partial charge on any atom is -0.394 e. The summed E-state index contributed by atoms with van der Waals surface area (Å²) in [5, 5.41) is 32.9. The van der Waals surface area contributed by atoms with Gasteiger partial charge in [-0.15, -0.1) is 0 Å². The lowest BCUT2D eigenvalue weighted by atomic mass is 10.0. The number of rotatable bonds is 37. The third-order valence-corrected chi connectivity index (χ3v) is 8.64. The molecule has 31 heteroatoms. The van der Waals surface area contributed by atoms with E-state index in [1.807, 2.05) is 13.8 Å². The van der Waals surface area contributed by atoms with E-state index in [9.17, 15) is 62.6 Å². The maximum absolute atomic E-state index is 12.9. The van der Waals surface area contributed by atoms with Crippen molar-refractivity contribution in [2.75, 3.05) is 85.4 Å². The van der Waals surface area contributed by atoms with Crippen molar-refractivity contribution in [1.29, 1.82) is 0 Å². The second-order valence-corrected chi connectivity index (χ2v) is 15.0. The van der Waals surface area contributed by atoms with Crippen molar-refractivity contribution in [1.82, 2.24) is 53.2 Å². The molecule has 0 heterocycles. The fourth-order valence-corrected chi connectivity index (χ4v) is 5.25. The Morgan fingerprint density at radius 2 is 1.03 bits per heavy atom. The van der Waals surface area contributed by atoms with Gasteiger partial charge in [0.1, 0.15) is 24.2 Å². The lowest BCUT2D eigenvalue weighted by Crippen LogP contribution is -2.56. The minimum absolute atomic E-state index is 0.0148. The molecule has 31 nitrogen and oxygen atoms in total. The maximum Gasteiger partial charge on any atom is 0.245 e. The number of nitrogens with zero attached hydrogens (tertiary/aromatic N) is 1. The average Bonchev–Trinajstić information content (AvgIpc) is 3.28. The number of amides is 12. The molecule has 0 aliphatic carbocycles. The molecule has 0 rings (SSSR count). The average molecular weight is 989 g/mol. The summed E-state index contributed by atoms with van der Waals surface area (Å²) in [7, 11) is 0. The number of primary amides is 2. The number of carbonyl (C=O) groups excluding carboxylic acids is 12. The highest BCUT2D eigenvalue weighted by atomic mass is 16.5. The van der Waals surface area contributed by atoms with Crippen molar-refractivity contribution in [3.63, 3.8) is 0 Å². The number of aliphatic hydroxyl groups is 1. The fraction of sp³-hybridized carbons (Fsp3) is 0.658. The van der Waals surface area contributed by atoms with Crippen LogP contribution in [0.4, 0.5) is 0 Å². The molecule has 0 radical (unpaired) electrons. The van der Waals surface area contributed by atoms with Crippen molar-refractivity contribution >= 4 is 76.8 Å². The molecular formula is C38H68N16O15. The van der Waals surface area contributed by atoms with Gasteiger partial charge in [0, 0.05) is 19.5 Å². The van der Waals surface area contributed by atoms with Gasteiger partial charge in [0.15, 0.2) is 5.96 Å². The van der Waals surface area contributed by atoms with Crippen molar-refractivity contribution in [3.05, 3.63) is 0 Å². The molecule has 0 aromatic carbocycles. The van der Waals surface area contributed by atoms with Crippen LogP contribution in [0.15, 0.2) is 4.99 Å². The van der Waals surface area contributed by atoms with Gasteiger partial charge in [0.05, 0.1) is 78.7 Å². The van der Waals surface area contributed by atoms with E-state index in [1.54, 1.807) is 0 Å². The smallest absolute Gasteiger partial charge is 0.245 e. The Bertz CT molecular complexity index is 1780. The Balaban J connectivity index is 4.76. The minimum atomic E-state index is -1.60. The van der Waals surface area contributed by atoms with Crippen LogP contribution in [0, 0.1) is 5.92 Å². The Morgan fingerprint density at radius 1 is 0.536 bits per heavy atom. The molecule has 0 spiro atoms. The summed E-state index contributed by atoms with van der Waals surface area (Å²) in [5.41, 5.74) is 26.0. The molecule has 0 aromatic heterocycles. The normalized spacial score (nSPS) is 12.3. The van der Waals surface area contributed by atoms with Gasteiger partial charge < -0.3 is 96.4 Å². The third kappa shape index (κ3) is 32.2. The Kier molecular flexibility index (Phi) is 32.1. The molecule has 4 atom stereocenters. The topological polar surface area (TPSA) is 506 Å². The second kappa shape index (κ2) is 35.9. The molecular weight excluding hydrogens is 921 g/mol. The molecule has 0 aliphatic heterocycles. The van der Waals surface area contributed by atoms with Crippen LogP contribution in [0.5, 0.6) is 0 Å². The van der Waals surface area contributed by atoms with Crippen molar-refractivity contribution < 1.29 is 72.1 Å². The van der Waals surface area contributed by atoms with Crippen LogP contribution in [0.1, 0.15) is 46.0 Å². The van der Waals surface area contributed by atoms with E-state index in [2.05, 4.69) is 58.2 Å². The SMILES string of the molecule is CC(C)C[C@H](NC(=O)CCOCCOCCNC(=O)CNC(=O)CNC(=O)CN)C(=O)NCC(=O)NCC(=O)N[C@@H](CO)C(=O)NCC(=O)N[C@@H](CCCN=C(N)N)C(=O)N[C@@H](CC(N)=O)C(N)=O. The quantitative estimate of drug-likeness (QED) is 0.0156. The van der Waals surface area contributed by atoms with Gasteiger partial charge >= 0.3 is 0 Å². The number of nitrogens with two attached hydrogens (primary N) is 5. The number of hydrogen-bond acceptors (Lipinski definition) is 17. The van der Waals surface area contributed by atoms with Crippen molar-refractivity contribution in [2.24, 2.45) is 39.6 Å². The largest absolute Gasteiger partial charge is 0.394 e. The lowest BCUT2D eigenvalue weighted by molar-refractivity contribution is -0.133. The van der Waals surface area contributed by atoms with Gasteiger partial charge in [-0.2, -0.15) is 0 Å². The summed E-state index contributed by atoms with van der Waals surface area (Å²) in [4.78, 5) is 150. The highest BCUT2D eigenvalue weighted by Gasteiger charge is 2.28. The summed E-state index contributed by atoms with van der Waals surface area (Å²) < 4.78 is 10.7. The lowest BCUT2D eigenvalue weighted by Gasteiger charge is -2.22. The zero-order chi connectivity index (χ0) is 52.3.